The van der Waals surface area contributed by atoms with Gasteiger partial charge in [-0.05, 0) is 0 Å². The normalized spacial score (nSPS) is 5.62. The first-order valence-electron chi connectivity index (χ1n) is 1.77. The molecule has 0 radical (unpaired) electrons. The van der Waals surface area contributed by atoms with E-state index in [1.54, 1.807) is 6.07 Å². The number of carboxylic acids is 1. The predicted molar refractivity (Wildman–Crippen MR) is 29.6 cm³/mol. The van der Waals surface area contributed by atoms with E-state index in [0.29, 0.717) is 0 Å². The zero-order valence-electron chi connectivity index (χ0n) is 4.39. The van der Waals surface area contributed by atoms with Crippen molar-refractivity contribution in [3.05, 3.63) is 0 Å². The Morgan fingerprint density at radius 3 is 2.12 bits per heavy atom. The molecule has 0 bridgehead atoms. The number of carbonyl (C=O) groups is 1. The van der Waals surface area contributed by atoms with Crippen LogP contribution >= 0.6 is 11.6 Å². The van der Waals surface area contributed by atoms with Crippen LogP contribution < -0.4 is 0 Å². The van der Waals surface area contributed by atoms with Gasteiger partial charge in [-0.2, -0.15) is 5.26 Å². The van der Waals surface area contributed by atoms with E-state index in [1.807, 2.05) is 0 Å². The number of halogens is 1. The SMILES string of the molecule is CC(=O)O.N#CCCl. The number of carboxylic acid groups (broad SMARTS) is 1. The molecule has 0 spiro atoms. The Bertz CT molecular complexity index is 92.7. The summed E-state index contributed by atoms with van der Waals surface area (Å²) in [6.07, 6.45) is 0. The van der Waals surface area contributed by atoms with Gasteiger partial charge >= 0.3 is 0 Å². The highest BCUT2D eigenvalue weighted by atomic mass is 35.5. The molecule has 46 valence electrons. The summed E-state index contributed by atoms with van der Waals surface area (Å²) in [7, 11) is 0. The van der Waals surface area contributed by atoms with Crippen LogP contribution in [0, 0.1) is 11.3 Å². The lowest BCUT2D eigenvalue weighted by atomic mass is 10.9. The van der Waals surface area contributed by atoms with Crippen LogP contribution in [-0.4, -0.2) is 17.0 Å². The highest BCUT2D eigenvalue weighted by Gasteiger charge is 1.65. The minimum Gasteiger partial charge on any atom is -0.481 e. The molecule has 0 aliphatic rings. The lowest BCUT2D eigenvalue weighted by Crippen LogP contribution is -1.78. The number of hydrogen-bond donors (Lipinski definition) is 1. The fraction of sp³-hybridized carbons (Fsp3) is 0.500. The zero-order valence-corrected chi connectivity index (χ0v) is 5.14. The molecule has 0 saturated heterocycles. The van der Waals surface area contributed by atoms with Gasteiger partial charge < -0.3 is 5.11 Å². The van der Waals surface area contributed by atoms with Gasteiger partial charge in [-0.1, -0.05) is 0 Å². The summed E-state index contributed by atoms with van der Waals surface area (Å²) < 4.78 is 0. The Hall–Kier alpha value is -0.750. The van der Waals surface area contributed by atoms with Gasteiger partial charge in [0.15, 0.2) is 0 Å². The van der Waals surface area contributed by atoms with Crippen LogP contribution in [0.2, 0.25) is 0 Å². The van der Waals surface area contributed by atoms with Crippen LogP contribution in [0.15, 0.2) is 0 Å². The molecule has 1 N–H and O–H groups in total. The Balaban J connectivity index is 0. The fourth-order valence-electron chi connectivity index (χ4n) is 0. The number of hydrogen-bond acceptors (Lipinski definition) is 2. The van der Waals surface area contributed by atoms with Gasteiger partial charge in [0.25, 0.3) is 5.97 Å². The molecule has 0 fully saturated rings. The molecule has 0 aromatic rings. The predicted octanol–water partition coefficient (Wildman–Crippen LogP) is 0.840. The van der Waals surface area contributed by atoms with Crippen LogP contribution in [-0.2, 0) is 4.79 Å². The minimum atomic E-state index is -0.833. The summed E-state index contributed by atoms with van der Waals surface area (Å²) in [4.78, 5) is 9.00. The highest BCUT2D eigenvalue weighted by molar-refractivity contribution is 6.19. The van der Waals surface area contributed by atoms with Crippen molar-refractivity contribution in [2.45, 2.75) is 6.92 Å². The molecule has 0 aliphatic heterocycles. The summed E-state index contributed by atoms with van der Waals surface area (Å²) >= 11 is 4.82. The van der Waals surface area contributed by atoms with E-state index in [4.69, 9.17) is 26.8 Å². The lowest BCUT2D eigenvalue weighted by molar-refractivity contribution is -0.134. The van der Waals surface area contributed by atoms with E-state index in [1.165, 1.54) is 0 Å². The molecule has 8 heavy (non-hydrogen) atoms. The Morgan fingerprint density at radius 2 is 2.12 bits per heavy atom. The van der Waals surface area contributed by atoms with Crippen molar-refractivity contribution in [1.82, 2.24) is 0 Å². The summed E-state index contributed by atoms with van der Waals surface area (Å²) in [5.41, 5.74) is 0. The largest absolute Gasteiger partial charge is 0.481 e. The molecule has 0 aromatic carbocycles. The maximum atomic E-state index is 9.00. The van der Waals surface area contributed by atoms with Crippen LogP contribution in [0.1, 0.15) is 6.92 Å². The standard InChI is InChI=1S/C2H2ClN.C2H4O2/c3-1-2-4;1-2(3)4/h1H2;1H3,(H,3,4). The molecule has 0 aromatic heterocycles. The van der Waals surface area contributed by atoms with Crippen LogP contribution in [0.3, 0.4) is 0 Å². The molecule has 0 heterocycles. The molecule has 3 nitrogen and oxygen atoms in total. The molecule has 0 atom stereocenters. The topological polar surface area (TPSA) is 61.1 Å². The molecule has 4 heteroatoms. The highest BCUT2D eigenvalue weighted by Crippen LogP contribution is 1.61. The quantitative estimate of drug-likeness (QED) is 0.501. The van der Waals surface area contributed by atoms with Crippen molar-refractivity contribution in [3.63, 3.8) is 0 Å². The third-order valence-corrected chi connectivity index (χ3v) is 0.179. The number of nitrogens with zero attached hydrogens (tertiary/aromatic N) is 1. The maximum Gasteiger partial charge on any atom is 0.300 e. The minimum absolute atomic E-state index is 0.0972. The first kappa shape index (κ1) is 10.3. The van der Waals surface area contributed by atoms with Gasteiger partial charge in [0.1, 0.15) is 5.88 Å². The molecular formula is C4H6ClNO2. The van der Waals surface area contributed by atoms with Gasteiger partial charge in [0.05, 0.1) is 6.07 Å². The van der Waals surface area contributed by atoms with E-state index in [9.17, 15) is 0 Å². The Kier molecular flexibility index (Phi) is 12.2. The molecule has 0 rings (SSSR count). The Labute approximate surface area is 52.5 Å². The van der Waals surface area contributed by atoms with Crippen LogP contribution in [0.5, 0.6) is 0 Å². The van der Waals surface area contributed by atoms with Crippen molar-refractivity contribution in [2.24, 2.45) is 0 Å². The van der Waals surface area contributed by atoms with Gasteiger partial charge in [-0.25, -0.2) is 0 Å². The summed E-state index contributed by atoms with van der Waals surface area (Å²) in [5, 5.41) is 14.9. The van der Waals surface area contributed by atoms with Crippen LogP contribution in [0.25, 0.3) is 0 Å². The molecular weight excluding hydrogens is 130 g/mol. The van der Waals surface area contributed by atoms with Gasteiger partial charge in [0.2, 0.25) is 0 Å². The summed E-state index contributed by atoms with van der Waals surface area (Å²) in [6, 6.07) is 1.70. The van der Waals surface area contributed by atoms with E-state index in [-0.39, 0.29) is 5.88 Å². The average Bonchev–Trinajstić information content (AvgIpc) is 1.65. The van der Waals surface area contributed by atoms with Crippen molar-refractivity contribution < 1.29 is 9.90 Å². The summed E-state index contributed by atoms with van der Waals surface area (Å²) in [6.45, 7) is 1.08. The number of nitriles is 1. The van der Waals surface area contributed by atoms with Crippen molar-refractivity contribution in [3.8, 4) is 6.07 Å². The van der Waals surface area contributed by atoms with Crippen molar-refractivity contribution >= 4 is 17.6 Å². The second-order valence-electron chi connectivity index (χ2n) is 0.811. The van der Waals surface area contributed by atoms with E-state index in [2.05, 4.69) is 0 Å². The number of alkyl halides is 1. The average molecular weight is 136 g/mol. The van der Waals surface area contributed by atoms with E-state index >= 15 is 0 Å². The molecule has 0 unspecified atom stereocenters. The smallest absolute Gasteiger partial charge is 0.300 e. The third kappa shape index (κ3) is 1520. The second kappa shape index (κ2) is 9.54. The first-order valence-corrected chi connectivity index (χ1v) is 2.31. The number of aliphatic carboxylic acids is 1. The monoisotopic (exact) mass is 135 g/mol. The van der Waals surface area contributed by atoms with Gasteiger partial charge in [-0.15, -0.1) is 11.6 Å². The Morgan fingerprint density at radius 1 is 2.00 bits per heavy atom. The first-order chi connectivity index (χ1) is 3.65. The molecule has 0 aliphatic carbocycles. The number of rotatable bonds is 0. The maximum absolute atomic E-state index is 9.00. The van der Waals surface area contributed by atoms with E-state index in [0.717, 1.165) is 6.92 Å². The third-order valence-electron chi connectivity index (χ3n) is 0.0598. The molecule has 0 amide bonds. The fourth-order valence-corrected chi connectivity index (χ4v) is 0. The van der Waals surface area contributed by atoms with Crippen molar-refractivity contribution in [1.29, 1.82) is 5.26 Å². The second-order valence-corrected chi connectivity index (χ2v) is 1.08. The van der Waals surface area contributed by atoms with Crippen molar-refractivity contribution in [2.75, 3.05) is 5.88 Å². The van der Waals surface area contributed by atoms with Crippen LogP contribution in [0.4, 0.5) is 0 Å². The molecule has 0 saturated carbocycles. The lowest BCUT2D eigenvalue weighted by Gasteiger charge is -1.59. The van der Waals surface area contributed by atoms with Gasteiger partial charge in [0, 0.05) is 6.92 Å². The summed E-state index contributed by atoms with van der Waals surface area (Å²) in [5.74, 6) is -0.736. The zero-order chi connectivity index (χ0) is 6.99. The van der Waals surface area contributed by atoms with Gasteiger partial charge in [-0.3, -0.25) is 4.79 Å². The van der Waals surface area contributed by atoms with E-state index < -0.39 is 5.97 Å².